The summed E-state index contributed by atoms with van der Waals surface area (Å²) in [7, 11) is 0. The molecule has 9 nitrogen and oxygen atoms in total. The van der Waals surface area contributed by atoms with Crippen LogP contribution in [0.25, 0.3) is 236 Å². The first-order valence-corrected chi connectivity index (χ1v) is 41.7. The lowest BCUT2D eigenvalue weighted by molar-refractivity contribution is 1.07. The van der Waals surface area contributed by atoms with Gasteiger partial charge in [0.2, 0.25) is 0 Å². The van der Waals surface area contributed by atoms with Gasteiger partial charge < -0.3 is 13.7 Å². The summed E-state index contributed by atoms with van der Waals surface area (Å²) in [6, 6.07) is 142. The minimum Gasteiger partial charge on any atom is -0.309 e. The summed E-state index contributed by atoms with van der Waals surface area (Å²) >= 11 is 3.64. The number of aromatic nitrogens is 9. The number of thiophene rings is 2. The number of fused-ring (bicyclic) bond motifs is 15. The fraction of sp³-hybridized carbons (Fsp3) is 0. The molecule has 0 atom stereocenters. The molecule has 0 saturated heterocycles. The SMILES string of the molecule is c1ccc(-c2nc(-c3ccccc3)nc(-c3ccc(-c4cccc5sc6ccc(-c7ccc8c(c7)c7ccc(-c9ccc(-c%10nc(-c%11ccccc%11)nc(-c%11cccc%12sc%13ccc(-c%14ccc%15c(c%14)c%14cc%16c(cc%14n%15-c%14ccccc%14)c%14ccccc%14n%16-c%14ccccc%14)cc%13c%11%12)n%10)cc9)cc7n8-c7ccccc7)cc6c45)cc3)n2)cc1. The molecule has 554 valence electrons. The van der Waals surface area contributed by atoms with E-state index in [1.807, 2.05) is 90.2 Å². The summed E-state index contributed by atoms with van der Waals surface area (Å²) in [5.41, 5.74) is 24.9. The van der Waals surface area contributed by atoms with E-state index in [-0.39, 0.29) is 0 Å². The highest BCUT2D eigenvalue weighted by molar-refractivity contribution is 7.26. The zero-order valence-corrected chi connectivity index (χ0v) is 65.5. The molecule has 24 aromatic rings. The molecule has 0 unspecified atom stereocenters. The van der Waals surface area contributed by atoms with Crippen LogP contribution in [0.2, 0.25) is 0 Å². The number of nitrogens with zero attached hydrogens (tertiary/aromatic N) is 9. The summed E-state index contributed by atoms with van der Waals surface area (Å²) < 4.78 is 12.1. The van der Waals surface area contributed by atoms with E-state index in [0.29, 0.717) is 34.9 Å². The topological polar surface area (TPSA) is 92.1 Å². The van der Waals surface area contributed by atoms with Gasteiger partial charge in [-0.15, -0.1) is 22.7 Å². The molecular weight excluding hydrogens is 1490 g/mol. The van der Waals surface area contributed by atoms with Crippen molar-refractivity contribution in [3.8, 4) is 130 Å². The summed E-state index contributed by atoms with van der Waals surface area (Å²) in [4.78, 5) is 31.1. The molecule has 0 saturated carbocycles. The molecular formula is C108H65N9S2. The minimum absolute atomic E-state index is 0.600. The summed E-state index contributed by atoms with van der Waals surface area (Å²) in [5.74, 6) is 3.74. The summed E-state index contributed by atoms with van der Waals surface area (Å²) in [5, 5.41) is 11.9. The fourth-order valence-corrected chi connectivity index (χ4v) is 20.2. The Morgan fingerprint density at radius 3 is 0.933 bits per heavy atom. The van der Waals surface area contributed by atoms with Gasteiger partial charge in [0, 0.05) is 123 Å². The lowest BCUT2D eigenvalue weighted by Crippen LogP contribution is -2.00. The van der Waals surface area contributed by atoms with E-state index in [9.17, 15) is 0 Å². The predicted octanol–water partition coefficient (Wildman–Crippen LogP) is 28.8. The number of para-hydroxylation sites is 4. The van der Waals surface area contributed by atoms with Gasteiger partial charge in [0.25, 0.3) is 0 Å². The average Bonchev–Trinajstić information content (AvgIpc) is 1.57. The van der Waals surface area contributed by atoms with Gasteiger partial charge in [-0.2, -0.15) is 0 Å². The Morgan fingerprint density at radius 2 is 0.462 bits per heavy atom. The van der Waals surface area contributed by atoms with Crippen molar-refractivity contribution in [2.45, 2.75) is 0 Å². The van der Waals surface area contributed by atoms with E-state index < -0.39 is 0 Å². The first kappa shape index (κ1) is 68.0. The lowest BCUT2D eigenvalue weighted by atomic mass is 9.96. The molecule has 11 heteroatoms. The number of rotatable bonds is 13. The molecule has 0 amide bonds. The highest BCUT2D eigenvalue weighted by atomic mass is 32.1. The third-order valence-corrected chi connectivity index (χ3v) is 25.8. The largest absolute Gasteiger partial charge is 0.309 e. The van der Waals surface area contributed by atoms with Crippen molar-refractivity contribution in [3.05, 3.63) is 394 Å². The first-order chi connectivity index (χ1) is 58.9. The van der Waals surface area contributed by atoms with Gasteiger partial charge in [-0.25, -0.2) is 29.9 Å². The van der Waals surface area contributed by atoms with Crippen LogP contribution in [0.3, 0.4) is 0 Å². The molecule has 24 rings (SSSR count). The third-order valence-electron chi connectivity index (χ3n) is 23.6. The van der Waals surface area contributed by atoms with Crippen LogP contribution in [-0.2, 0) is 0 Å². The Balaban J connectivity index is 0.571. The molecule has 0 aliphatic rings. The van der Waals surface area contributed by atoms with Crippen molar-refractivity contribution in [1.29, 1.82) is 0 Å². The Hall–Kier alpha value is -15.4. The Morgan fingerprint density at radius 1 is 0.160 bits per heavy atom. The van der Waals surface area contributed by atoms with Crippen molar-refractivity contribution < 1.29 is 0 Å². The Labute approximate surface area is 691 Å². The highest BCUT2D eigenvalue weighted by Gasteiger charge is 2.25. The molecule has 0 bridgehead atoms. The van der Waals surface area contributed by atoms with Crippen molar-refractivity contribution in [3.63, 3.8) is 0 Å². The van der Waals surface area contributed by atoms with E-state index in [1.54, 1.807) is 11.3 Å². The molecule has 119 heavy (non-hydrogen) atoms. The van der Waals surface area contributed by atoms with Crippen LogP contribution in [0.4, 0.5) is 0 Å². The van der Waals surface area contributed by atoms with Gasteiger partial charge in [-0.1, -0.05) is 273 Å². The second-order valence-electron chi connectivity index (χ2n) is 30.5. The monoisotopic (exact) mass is 1550 g/mol. The smallest absolute Gasteiger partial charge is 0.164 e. The number of hydrogen-bond acceptors (Lipinski definition) is 8. The van der Waals surface area contributed by atoms with Crippen LogP contribution in [0, 0.1) is 0 Å². The van der Waals surface area contributed by atoms with Gasteiger partial charge in [-0.05, 0) is 166 Å². The van der Waals surface area contributed by atoms with E-state index in [0.717, 1.165) is 117 Å². The van der Waals surface area contributed by atoms with Crippen LogP contribution in [0.15, 0.2) is 394 Å². The molecule has 7 aromatic heterocycles. The number of hydrogen-bond donors (Lipinski definition) is 0. The maximum atomic E-state index is 5.45. The second-order valence-corrected chi connectivity index (χ2v) is 32.6. The summed E-state index contributed by atoms with van der Waals surface area (Å²) in [6.07, 6.45) is 0. The molecule has 0 aliphatic carbocycles. The zero-order valence-electron chi connectivity index (χ0n) is 63.9. The zero-order chi connectivity index (χ0) is 78.2. The molecule has 0 aliphatic heterocycles. The standard InChI is InChI=1S/C108H65N9S2/c1-7-23-68(24-8-1)103-109-104(69-25-9-2-10-26-69)111-106(110-103)72-47-43-67(44-48-72)81-36-21-39-99-101(81)89-61-75(52-57-97(89)118-99)73-50-55-92-85(59-73)83-54-49-77(63-94(83)116(92)79-31-15-5-16-32-79)66-41-45-71(46-42-66)107-112-105(70-27-11-3-12-28-70)113-108(114-107)84-37-22-40-100-102(84)90-62-76(53-58-98(90)119-100)74-51-56-93-86(60-74)88-65-95-87(64-96(88)117(93)80-33-17-6-18-34-80)82-35-19-20-38-91(82)115(95)78-29-13-4-14-30-78/h1-65H. The number of benzene rings is 17. The Bertz CT molecular complexity index is 8120. The van der Waals surface area contributed by atoms with E-state index in [2.05, 4.69) is 329 Å². The highest BCUT2D eigenvalue weighted by Crippen LogP contribution is 2.48. The van der Waals surface area contributed by atoms with Gasteiger partial charge in [0.15, 0.2) is 34.9 Å². The molecule has 0 fully saturated rings. The molecule has 0 N–H and O–H groups in total. The van der Waals surface area contributed by atoms with Crippen LogP contribution in [-0.4, -0.2) is 43.6 Å². The molecule has 17 aromatic carbocycles. The maximum Gasteiger partial charge on any atom is 0.164 e. The minimum atomic E-state index is 0.600. The van der Waals surface area contributed by atoms with Gasteiger partial charge in [0.1, 0.15) is 0 Å². The van der Waals surface area contributed by atoms with Crippen molar-refractivity contribution in [1.82, 2.24) is 43.6 Å². The lowest BCUT2D eigenvalue weighted by Gasteiger charge is -2.11. The van der Waals surface area contributed by atoms with Crippen LogP contribution >= 0.6 is 22.7 Å². The van der Waals surface area contributed by atoms with Crippen LogP contribution < -0.4 is 0 Å². The van der Waals surface area contributed by atoms with Crippen molar-refractivity contribution in [2.75, 3.05) is 0 Å². The third kappa shape index (κ3) is 11.5. The molecule has 0 radical (unpaired) electrons. The Kier molecular flexibility index (Phi) is 15.8. The second kappa shape index (κ2) is 27.7. The predicted molar refractivity (Wildman–Crippen MR) is 496 cm³/mol. The van der Waals surface area contributed by atoms with Gasteiger partial charge in [0.05, 0.1) is 33.1 Å². The quantitative estimate of drug-likeness (QED) is 0.114. The fourth-order valence-electron chi connectivity index (χ4n) is 17.9. The molecule has 7 heterocycles. The van der Waals surface area contributed by atoms with Crippen molar-refractivity contribution >= 4 is 128 Å². The summed E-state index contributed by atoms with van der Waals surface area (Å²) in [6.45, 7) is 0. The maximum absolute atomic E-state index is 5.45. The van der Waals surface area contributed by atoms with Crippen molar-refractivity contribution in [2.24, 2.45) is 0 Å². The van der Waals surface area contributed by atoms with Crippen LogP contribution in [0.5, 0.6) is 0 Å². The van der Waals surface area contributed by atoms with E-state index in [1.165, 1.54) is 84.0 Å². The van der Waals surface area contributed by atoms with Gasteiger partial charge >= 0.3 is 0 Å². The van der Waals surface area contributed by atoms with Crippen LogP contribution in [0.1, 0.15) is 0 Å². The van der Waals surface area contributed by atoms with Gasteiger partial charge in [-0.3, -0.25) is 0 Å². The average molecular weight is 1550 g/mol. The normalized spacial score (nSPS) is 11.9. The first-order valence-electron chi connectivity index (χ1n) is 40.0. The molecule has 0 spiro atoms. The van der Waals surface area contributed by atoms with E-state index >= 15 is 0 Å². The van der Waals surface area contributed by atoms with E-state index in [4.69, 9.17) is 29.9 Å².